The number of furan rings is 1. The van der Waals surface area contributed by atoms with Crippen molar-refractivity contribution in [2.45, 2.75) is 12.6 Å². The highest BCUT2D eigenvalue weighted by molar-refractivity contribution is 5.91. The maximum Gasteiger partial charge on any atom is 0.414 e. The molecule has 2 N–H and O–H groups in total. The van der Waals surface area contributed by atoms with Crippen LogP contribution >= 0.6 is 0 Å². The third kappa shape index (κ3) is 6.46. The van der Waals surface area contributed by atoms with Gasteiger partial charge in [-0.2, -0.15) is 13.2 Å². The summed E-state index contributed by atoms with van der Waals surface area (Å²) in [5.41, 5.74) is 1.61. The smallest absolute Gasteiger partial charge is 0.414 e. The zero-order chi connectivity index (χ0) is 14.3. The van der Waals surface area contributed by atoms with Crippen molar-refractivity contribution in [3.63, 3.8) is 0 Å². The van der Waals surface area contributed by atoms with Crippen molar-refractivity contribution >= 4 is 11.8 Å². The number of hydroxylamine groups is 1. The lowest BCUT2D eigenvalue weighted by atomic mass is 10.4. The van der Waals surface area contributed by atoms with Gasteiger partial charge in [-0.15, -0.1) is 0 Å². The van der Waals surface area contributed by atoms with E-state index in [1.54, 1.807) is 5.48 Å². The Hall–Kier alpha value is -2.03. The number of halogens is 3. The standard InChI is InChI=1S/C10H11F3N2O4/c11-10(12,13)6-19-15-8(16)3-4-14-9(17)7-2-1-5-18-7/h1-2,5H,3-4,6H2,(H,14,17)(H,15,16). The van der Waals surface area contributed by atoms with Gasteiger partial charge < -0.3 is 9.73 Å². The third-order valence-electron chi connectivity index (χ3n) is 1.80. The van der Waals surface area contributed by atoms with Gasteiger partial charge in [0.25, 0.3) is 5.91 Å². The maximum absolute atomic E-state index is 11.7. The first-order valence-corrected chi connectivity index (χ1v) is 5.17. The van der Waals surface area contributed by atoms with E-state index in [4.69, 9.17) is 4.42 Å². The fourth-order valence-corrected chi connectivity index (χ4v) is 1.03. The van der Waals surface area contributed by atoms with Crippen LogP contribution in [0.5, 0.6) is 0 Å². The van der Waals surface area contributed by atoms with Crippen LogP contribution in [0.4, 0.5) is 13.2 Å². The predicted octanol–water partition coefficient (Wildman–Crippen LogP) is 1.01. The van der Waals surface area contributed by atoms with Gasteiger partial charge in [-0.05, 0) is 12.1 Å². The predicted molar refractivity (Wildman–Crippen MR) is 55.8 cm³/mol. The van der Waals surface area contributed by atoms with Gasteiger partial charge in [-0.1, -0.05) is 0 Å². The fourth-order valence-electron chi connectivity index (χ4n) is 1.03. The molecular formula is C10H11F3N2O4. The van der Waals surface area contributed by atoms with Crippen molar-refractivity contribution in [3.05, 3.63) is 24.2 Å². The van der Waals surface area contributed by atoms with Gasteiger partial charge in [0.15, 0.2) is 12.4 Å². The zero-order valence-corrected chi connectivity index (χ0v) is 9.62. The molecule has 1 rings (SSSR count). The molecule has 9 heteroatoms. The molecule has 6 nitrogen and oxygen atoms in total. The normalized spacial score (nSPS) is 11.1. The summed E-state index contributed by atoms with van der Waals surface area (Å²) in [6, 6.07) is 2.95. The Morgan fingerprint density at radius 3 is 2.68 bits per heavy atom. The van der Waals surface area contributed by atoms with E-state index in [0.29, 0.717) is 0 Å². The molecule has 0 atom stereocenters. The van der Waals surface area contributed by atoms with Gasteiger partial charge in [0.05, 0.1) is 6.26 Å². The second-order valence-corrected chi connectivity index (χ2v) is 3.41. The molecule has 1 aromatic heterocycles. The van der Waals surface area contributed by atoms with Crippen molar-refractivity contribution in [2.75, 3.05) is 13.2 Å². The number of rotatable bonds is 6. The largest absolute Gasteiger partial charge is 0.459 e. The molecule has 0 unspecified atom stereocenters. The Bertz CT molecular complexity index is 417. The molecule has 0 aromatic carbocycles. The first-order valence-electron chi connectivity index (χ1n) is 5.17. The second kappa shape index (κ2) is 6.78. The third-order valence-corrected chi connectivity index (χ3v) is 1.80. The summed E-state index contributed by atoms with van der Waals surface area (Å²) >= 11 is 0. The number of amides is 2. The molecule has 106 valence electrons. The highest BCUT2D eigenvalue weighted by atomic mass is 19.4. The SMILES string of the molecule is O=C(CCNC(=O)c1ccco1)NOCC(F)(F)F. The van der Waals surface area contributed by atoms with Gasteiger partial charge in [0.1, 0.15) is 0 Å². The molecule has 1 aromatic rings. The summed E-state index contributed by atoms with van der Waals surface area (Å²) in [6.07, 6.45) is -3.42. The molecule has 2 amide bonds. The lowest BCUT2D eigenvalue weighted by Gasteiger charge is -2.08. The Kier molecular flexibility index (Phi) is 5.37. The van der Waals surface area contributed by atoms with Gasteiger partial charge in [0, 0.05) is 13.0 Å². The molecule has 0 radical (unpaired) electrons. The average Bonchev–Trinajstić information content (AvgIpc) is 2.80. The molecule has 0 aliphatic rings. The van der Waals surface area contributed by atoms with E-state index in [1.807, 2.05) is 0 Å². The minimum absolute atomic E-state index is 0.0548. The highest BCUT2D eigenvalue weighted by Crippen LogP contribution is 2.13. The van der Waals surface area contributed by atoms with E-state index in [0.717, 1.165) is 0 Å². The lowest BCUT2D eigenvalue weighted by Crippen LogP contribution is -2.33. The van der Waals surface area contributed by atoms with Crippen molar-refractivity contribution in [3.8, 4) is 0 Å². The minimum Gasteiger partial charge on any atom is -0.459 e. The Morgan fingerprint density at radius 1 is 1.37 bits per heavy atom. The maximum atomic E-state index is 11.7. The van der Waals surface area contributed by atoms with Gasteiger partial charge in [0.2, 0.25) is 5.91 Å². The summed E-state index contributed by atoms with van der Waals surface area (Å²) in [7, 11) is 0. The van der Waals surface area contributed by atoms with Crippen molar-refractivity contribution in [1.29, 1.82) is 0 Å². The molecule has 19 heavy (non-hydrogen) atoms. The van der Waals surface area contributed by atoms with Crippen LogP contribution in [0.1, 0.15) is 17.0 Å². The molecule has 0 aliphatic carbocycles. The van der Waals surface area contributed by atoms with E-state index in [2.05, 4.69) is 10.2 Å². The van der Waals surface area contributed by atoms with Crippen LogP contribution < -0.4 is 10.8 Å². The van der Waals surface area contributed by atoms with E-state index in [1.165, 1.54) is 18.4 Å². The van der Waals surface area contributed by atoms with E-state index >= 15 is 0 Å². The molecule has 0 saturated heterocycles. The minimum atomic E-state index is -4.51. The summed E-state index contributed by atoms with van der Waals surface area (Å²) < 4.78 is 39.8. The van der Waals surface area contributed by atoms with Crippen LogP contribution in [0.3, 0.4) is 0 Å². The summed E-state index contributed by atoms with van der Waals surface area (Å²) in [5, 5.41) is 2.35. The van der Waals surface area contributed by atoms with Gasteiger partial charge in [-0.3, -0.25) is 14.4 Å². The summed E-state index contributed by atoms with van der Waals surface area (Å²) in [6.45, 7) is -1.63. The molecule has 1 heterocycles. The monoisotopic (exact) mass is 280 g/mol. The molecule has 0 saturated carbocycles. The van der Waals surface area contributed by atoms with Crippen LogP contribution in [-0.4, -0.2) is 31.1 Å². The number of nitrogens with one attached hydrogen (secondary N) is 2. The molecule has 0 bridgehead atoms. The van der Waals surface area contributed by atoms with Crippen LogP contribution in [0.2, 0.25) is 0 Å². The molecular weight excluding hydrogens is 269 g/mol. The summed E-state index contributed by atoms with van der Waals surface area (Å²) in [5.74, 6) is -1.22. The van der Waals surface area contributed by atoms with Crippen LogP contribution in [-0.2, 0) is 9.63 Å². The topological polar surface area (TPSA) is 80.6 Å². The highest BCUT2D eigenvalue weighted by Gasteiger charge is 2.28. The zero-order valence-electron chi connectivity index (χ0n) is 9.62. The number of alkyl halides is 3. The Labute approximate surface area is 105 Å². The van der Waals surface area contributed by atoms with Crippen molar-refractivity contribution < 1.29 is 32.0 Å². The van der Waals surface area contributed by atoms with Crippen LogP contribution in [0, 0.1) is 0 Å². The van der Waals surface area contributed by atoms with E-state index in [-0.39, 0.29) is 18.7 Å². The number of carbonyl (C=O) groups is 2. The van der Waals surface area contributed by atoms with E-state index in [9.17, 15) is 22.8 Å². The first kappa shape index (κ1) is 15.0. The Morgan fingerprint density at radius 2 is 2.11 bits per heavy atom. The molecule has 0 spiro atoms. The van der Waals surface area contributed by atoms with E-state index < -0.39 is 24.6 Å². The van der Waals surface area contributed by atoms with Crippen LogP contribution in [0.25, 0.3) is 0 Å². The summed E-state index contributed by atoms with van der Waals surface area (Å²) in [4.78, 5) is 26.3. The number of carbonyl (C=O) groups excluding carboxylic acids is 2. The Balaban J connectivity index is 2.12. The number of hydrogen-bond acceptors (Lipinski definition) is 4. The first-order chi connectivity index (χ1) is 8.88. The molecule has 0 fully saturated rings. The lowest BCUT2D eigenvalue weighted by molar-refractivity contribution is -0.191. The van der Waals surface area contributed by atoms with Crippen LogP contribution in [0.15, 0.2) is 22.8 Å². The average molecular weight is 280 g/mol. The quantitative estimate of drug-likeness (QED) is 0.762. The van der Waals surface area contributed by atoms with Gasteiger partial charge in [-0.25, -0.2) is 5.48 Å². The van der Waals surface area contributed by atoms with Crippen molar-refractivity contribution in [1.82, 2.24) is 10.8 Å². The second-order valence-electron chi connectivity index (χ2n) is 3.41. The molecule has 0 aliphatic heterocycles. The fraction of sp³-hybridized carbons (Fsp3) is 0.400. The number of hydrogen-bond donors (Lipinski definition) is 2. The van der Waals surface area contributed by atoms with Gasteiger partial charge >= 0.3 is 6.18 Å². The van der Waals surface area contributed by atoms with Crippen molar-refractivity contribution in [2.24, 2.45) is 0 Å².